The van der Waals surface area contributed by atoms with Crippen LogP contribution >= 0.6 is 23.4 Å². The van der Waals surface area contributed by atoms with Crippen LogP contribution in [0.1, 0.15) is 10.4 Å². The monoisotopic (exact) mass is 491 g/mol. The quantitative estimate of drug-likeness (QED) is 0.704. The Morgan fingerprint density at radius 3 is 2.66 bits per heavy atom. The molecule has 3 aliphatic rings. The van der Waals surface area contributed by atoms with Gasteiger partial charge in [0.15, 0.2) is 15.0 Å². The first-order chi connectivity index (χ1) is 15.4. The zero-order valence-corrected chi connectivity index (χ0v) is 19.5. The summed E-state index contributed by atoms with van der Waals surface area (Å²) in [4.78, 5) is 26.0. The van der Waals surface area contributed by atoms with E-state index in [1.54, 1.807) is 24.4 Å². The van der Waals surface area contributed by atoms with E-state index in [4.69, 9.17) is 11.6 Å². The van der Waals surface area contributed by atoms with Crippen LogP contribution in [0.2, 0.25) is 5.02 Å². The summed E-state index contributed by atoms with van der Waals surface area (Å²) in [7, 11) is -3.00. The van der Waals surface area contributed by atoms with Crippen LogP contribution in [0.3, 0.4) is 0 Å². The number of hydrogen-bond acceptors (Lipinski definition) is 8. The molecular weight excluding hydrogens is 470 g/mol. The van der Waals surface area contributed by atoms with Gasteiger partial charge in [-0.05, 0) is 30.3 Å². The van der Waals surface area contributed by atoms with Crippen molar-refractivity contribution < 1.29 is 13.2 Å². The molecule has 3 aliphatic heterocycles. The molecule has 1 amide bonds. The van der Waals surface area contributed by atoms with Gasteiger partial charge in [0.1, 0.15) is 5.82 Å². The van der Waals surface area contributed by atoms with Gasteiger partial charge in [0, 0.05) is 43.2 Å². The van der Waals surface area contributed by atoms with E-state index in [9.17, 15) is 13.2 Å². The zero-order valence-electron chi connectivity index (χ0n) is 17.1. The third kappa shape index (κ3) is 4.44. The third-order valence-corrected chi connectivity index (χ3v) is 9.28. The molecule has 0 bridgehead atoms. The summed E-state index contributed by atoms with van der Waals surface area (Å²) >= 11 is 7.78. The summed E-state index contributed by atoms with van der Waals surface area (Å²) < 4.78 is 23.5. The number of amides is 1. The normalized spacial score (nSPS) is 24.2. The molecular formula is C21H22ClN5O3S2. The summed E-state index contributed by atoms with van der Waals surface area (Å²) in [5.74, 6) is 1.11. The smallest absolute Gasteiger partial charge is 0.254 e. The molecule has 32 heavy (non-hydrogen) atoms. The number of rotatable bonds is 3. The molecule has 2 saturated heterocycles. The molecule has 4 heterocycles. The maximum absolute atomic E-state index is 13.1. The van der Waals surface area contributed by atoms with E-state index in [2.05, 4.69) is 20.2 Å². The average Bonchev–Trinajstić information content (AvgIpc) is 3.28. The number of benzene rings is 1. The van der Waals surface area contributed by atoms with Crippen LogP contribution in [-0.2, 0) is 9.84 Å². The van der Waals surface area contributed by atoms with E-state index in [-0.39, 0.29) is 28.7 Å². The number of pyridine rings is 1. The van der Waals surface area contributed by atoms with Crippen molar-refractivity contribution in [2.75, 3.05) is 47.9 Å². The SMILES string of the molecule is O=C(c1ccc(Cl)c(NC2=N[C@@H]3CS(=O)(=O)C[C@@H]3S2)c1)N1CCN(c2ccccn2)CC1. The maximum atomic E-state index is 13.1. The van der Waals surface area contributed by atoms with Crippen molar-refractivity contribution in [2.24, 2.45) is 4.99 Å². The fourth-order valence-corrected chi connectivity index (χ4v) is 7.98. The molecule has 8 nitrogen and oxygen atoms in total. The van der Waals surface area contributed by atoms with Gasteiger partial charge in [0.25, 0.3) is 5.91 Å². The van der Waals surface area contributed by atoms with Gasteiger partial charge in [-0.25, -0.2) is 13.4 Å². The van der Waals surface area contributed by atoms with Crippen molar-refractivity contribution in [3.8, 4) is 0 Å². The minimum atomic E-state index is -3.00. The third-order valence-electron chi connectivity index (χ3n) is 5.81. The second-order valence-corrected chi connectivity index (χ2v) is 11.8. The summed E-state index contributed by atoms with van der Waals surface area (Å²) in [6.45, 7) is 2.67. The van der Waals surface area contributed by atoms with E-state index in [1.165, 1.54) is 11.8 Å². The Morgan fingerprint density at radius 1 is 1.12 bits per heavy atom. The number of aliphatic imine (C=N–C) groups is 1. The molecule has 5 rings (SSSR count). The minimum Gasteiger partial charge on any atom is -0.353 e. The van der Waals surface area contributed by atoms with Gasteiger partial charge < -0.3 is 15.1 Å². The van der Waals surface area contributed by atoms with Crippen LogP contribution in [0.5, 0.6) is 0 Å². The van der Waals surface area contributed by atoms with Crippen molar-refractivity contribution in [1.29, 1.82) is 0 Å². The summed E-state index contributed by atoms with van der Waals surface area (Å²) in [6, 6.07) is 10.8. The summed E-state index contributed by atoms with van der Waals surface area (Å²) in [6.07, 6.45) is 1.77. The molecule has 1 aromatic heterocycles. The number of amidine groups is 1. The molecule has 2 aromatic rings. The Morgan fingerprint density at radius 2 is 1.94 bits per heavy atom. The number of fused-ring (bicyclic) bond motifs is 1. The van der Waals surface area contributed by atoms with Gasteiger partial charge in [-0.1, -0.05) is 29.4 Å². The Hall–Kier alpha value is -2.30. The fourth-order valence-electron chi connectivity index (χ4n) is 4.15. The van der Waals surface area contributed by atoms with Crippen LogP contribution < -0.4 is 10.2 Å². The molecule has 0 unspecified atom stereocenters. The lowest BCUT2D eigenvalue weighted by Gasteiger charge is -2.35. The van der Waals surface area contributed by atoms with E-state index in [0.29, 0.717) is 34.5 Å². The molecule has 0 aliphatic carbocycles. The highest BCUT2D eigenvalue weighted by Crippen LogP contribution is 2.35. The predicted molar refractivity (Wildman–Crippen MR) is 129 cm³/mol. The Kier molecular flexibility index (Phi) is 5.77. The number of sulfone groups is 1. The van der Waals surface area contributed by atoms with Crippen LogP contribution in [0, 0.1) is 0 Å². The first kappa shape index (κ1) is 21.5. The van der Waals surface area contributed by atoms with Gasteiger partial charge in [-0.3, -0.25) is 9.79 Å². The second-order valence-electron chi connectivity index (χ2n) is 8.02. The molecule has 2 fully saturated rings. The zero-order chi connectivity index (χ0) is 22.3. The molecule has 0 saturated carbocycles. The first-order valence-corrected chi connectivity index (χ1v) is 13.4. The van der Waals surface area contributed by atoms with Crippen molar-refractivity contribution in [3.63, 3.8) is 0 Å². The largest absolute Gasteiger partial charge is 0.353 e. The minimum absolute atomic E-state index is 0.0469. The number of carbonyl (C=O) groups excluding carboxylic acids is 1. The predicted octanol–water partition coefficient (Wildman–Crippen LogP) is 2.38. The summed E-state index contributed by atoms with van der Waals surface area (Å²) in [5, 5.41) is 4.26. The van der Waals surface area contributed by atoms with Crippen molar-refractivity contribution in [2.45, 2.75) is 11.3 Å². The Bertz CT molecular complexity index is 1170. The number of piperazine rings is 1. The fraction of sp³-hybridized carbons (Fsp3) is 0.381. The van der Waals surface area contributed by atoms with Gasteiger partial charge in [-0.15, -0.1) is 0 Å². The number of nitrogens with zero attached hydrogens (tertiary/aromatic N) is 4. The Labute approximate surface area is 196 Å². The molecule has 11 heteroatoms. The molecule has 0 spiro atoms. The van der Waals surface area contributed by atoms with E-state index in [0.717, 1.165) is 18.9 Å². The van der Waals surface area contributed by atoms with Crippen LogP contribution in [0.25, 0.3) is 0 Å². The van der Waals surface area contributed by atoms with E-state index in [1.807, 2.05) is 23.1 Å². The highest BCUT2D eigenvalue weighted by Gasteiger charge is 2.42. The molecule has 2 atom stereocenters. The van der Waals surface area contributed by atoms with Crippen molar-refractivity contribution in [1.82, 2.24) is 9.88 Å². The van der Waals surface area contributed by atoms with Crippen molar-refractivity contribution in [3.05, 3.63) is 53.2 Å². The number of carbonyl (C=O) groups is 1. The van der Waals surface area contributed by atoms with E-state index < -0.39 is 9.84 Å². The maximum Gasteiger partial charge on any atom is 0.254 e. The van der Waals surface area contributed by atoms with Gasteiger partial charge in [-0.2, -0.15) is 0 Å². The van der Waals surface area contributed by atoms with Crippen LogP contribution in [-0.4, -0.2) is 78.4 Å². The topological polar surface area (TPSA) is 95.0 Å². The van der Waals surface area contributed by atoms with Gasteiger partial charge in [0.2, 0.25) is 0 Å². The average molecular weight is 492 g/mol. The van der Waals surface area contributed by atoms with Crippen LogP contribution in [0.15, 0.2) is 47.6 Å². The molecule has 168 valence electrons. The lowest BCUT2D eigenvalue weighted by atomic mass is 10.1. The summed E-state index contributed by atoms with van der Waals surface area (Å²) in [5.41, 5.74) is 1.15. The number of halogens is 1. The molecule has 1 N–H and O–H groups in total. The van der Waals surface area contributed by atoms with Gasteiger partial charge >= 0.3 is 0 Å². The Balaban J connectivity index is 1.25. The number of anilines is 2. The van der Waals surface area contributed by atoms with Crippen LogP contribution in [0.4, 0.5) is 11.5 Å². The first-order valence-electron chi connectivity index (χ1n) is 10.3. The number of nitrogens with one attached hydrogen (secondary N) is 1. The lowest BCUT2D eigenvalue weighted by molar-refractivity contribution is 0.0746. The molecule has 0 radical (unpaired) electrons. The standard InChI is InChI=1S/C21H22ClN5O3S2/c22-15-5-4-14(11-16(15)24-21-25-17-12-32(29,30)13-18(17)31-21)20(28)27-9-7-26(8-10-27)19-3-1-2-6-23-19/h1-6,11,17-18H,7-10,12-13H2,(H,24,25)/t17-,18+/m1/s1. The highest BCUT2D eigenvalue weighted by molar-refractivity contribution is 8.15. The van der Waals surface area contributed by atoms with E-state index >= 15 is 0 Å². The van der Waals surface area contributed by atoms with Gasteiger partial charge in [0.05, 0.1) is 28.3 Å². The molecule has 1 aromatic carbocycles. The van der Waals surface area contributed by atoms with Crippen molar-refractivity contribution >= 4 is 55.8 Å². The number of aromatic nitrogens is 1. The highest BCUT2D eigenvalue weighted by atomic mass is 35.5. The second kappa shape index (κ2) is 8.57. The number of thioether (sulfide) groups is 1. The lowest BCUT2D eigenvalue weighted by Crippen LogP contribution is -2.49. The number of hydrogen-bond donors (Lipinski definition) is 1.